The van der Waals surface area contributed by atoms with Crippen LogP contribution in [0.25, 0.3) is 0 Å². The van der Waals surface area contributed by atoms with E-state index in [1.807, 2.05) is 0 Å². The number of hydrogen-bond donors (Lipinski definition) is 3. The number of aryl methyl sites for hydroxylation is 2. The van der Waals surface area contributed by atoms with Crippen molar-refractivity contribution < 1.29 is 8.42 Å². The van der Waals surface area contributed by atoms with Crippen molar-refractivity contribution in [1.29, 1.82) is 0 Å². The highest BCUT2D eigenvalue weighted by molar-refractivity contribution is 7.90. The van der Waals surface area contributed by atoms with Crippen LogP contribution in [0.5, 0.6) is 0 Å². The van der Waals surface area contributed by atoms with Gasteiger partial charge in [0, 0.05) is 11.4 Å². The van der Waals surface area contributed by atoms with Crippen molar-refractivity contribution in [3.05, 3.63) is 46.7 Å². The van der Waals surface area contributed by atoms with Crippen LogP contribution in [0.4, 0.5) is 5.95 Å². The largest absolute Gasteiger partial charge is 0.320 e. The van der Waals surface area contributed by atoms with Crippen LogP contribution in [0.3, 0.4) is 0 Å². The summed E-state index contributed by atoms with van der Waals surface area (Å²) in [6.45, 7) is 3.57. The highest BCUT2D eigenvalue weighted by Gasteiger charge is 2.20. The molecule has 0 unspecified atom stereocenters. The SMILES string of the molecule is Cc1cc(C)nc(N/C(=N/N)NS(=O)(=O)c2ccccc2Cl)n1. The van der Waals surface area contributed by atoms with Gasteiger partial charge in [0.1, 0.15) is 4.90 Å². The molecule has 0 spiro atoms. The number of hydrogen-bond acceptors (Lipinski definition) is 6. The summed E-state index contributed by atoms with van der Waals surface area (Å²) >= 11 is 5.90. The maximum absolute atomic E-state index is 12.3. The van der Waals surface area contributed by atoms with E-state index in [4.69, 9.17) is 17.4 Å². The van der Waals surface area contributed by atoms with Crippen molar-refractivity contribution in [2.45, 2.75) is 18.7 Å². The molecule has 0 saturated carbocycles. The summed E-state index contributed by atoms with van der Waals surface area (Å²) in [5, 5.41) is 6.08. The zero-order chi connectivity index (χ0) is 17.0. The first kappa shape index (κ1) is 17.0. The minimum absolute atomic E-state index is 0.0824. The van der Waals surface area contributed by atoms with Crippen molar-refractivity contribution in [3.8, 4) is 0 Å². The van der Waals surface area contributed by atoms with E-state index in [1.165, 1.54) is 12.1 Å². The minimum Gasteiger partial charge on any atom is -0.320 e. The van der Waals surface area contributed by atoms with Crippen LogP contribution < -0.4 is 15.9 Å². The molecular formula is C13H15ClN6O2S. The van der Waals surface area contributed by atoms with Gasteiger partial charge in [-0.1, -0.05) is 23.7 Å². The number of nitrogens with two attached hydrogens (primary N) is 1. The molecule has 0 radical (unpaired) electrons. The number of nitrogens with one attached hydrogen (secondary N) is 2. The summed E-state index contributed by atoms with van der Waals surface area (Å²) in [6.07, 6.45) is 0. The third-order valence-electron chi connectivity index (χ3n) is 2.70. The second kappa shape index (κ2) is 6.80. The van der Waals surface area contributed by atoms with Crippen LogP contribution in [0.15, 0.2) is 40.3 Å². The first-order valence-electron chi connectivity index (χ1n) is 6.46. The smallest absolute Gasteiger partial charge is 0.265 e. The number of halogens is 1. The first-order valence-corrected chi connectivity index (χ1v) is 8.32. The molecule has 8 nitrogen and oxygen atoms in total. The van der Waals surface area contributed by atoms with Gasteiger partial charge in [-0.2, -0.15) is 0 Å². The maximum atomic E-state index is 12.3. The lowest BCUT2D eigenvalue weighted by molar-refractivity contribution is 0.592. The van der Waals surface area contributed by atoms with Crippen molar-refractivity contribution in [2.75, 3.05) is 5.32 Å². The van der Waals surface area contributed by atoms with Crippen molar-refractivity contribution in [2.24, 2.45) is 10.9 Å². The molecule has 1 aromatic carbocycles. The number of aromatic nitrogens is 2. The molecule has 0 amide bonds. The maximum Gasteiger partial charge on any atom is 0.265 e. The number of rotatable bonds is 3. The van der Waals surface area contributed by atoms with Gasteiger partial charge >= 0.3 is 0 Å². The second-order valence-electron chi connectivity index (χ2n) is 4.61. The van der Waals surface area contributed by atoms with E-state index < -0.39 is 10.0 Å². The lowest BCUT2D eigenvalue weighted by Crippen LogP contribution is -2.37. The Balaban J connectivity index is 2.24. The molecule has 1 aromatic heterocycles. The predicted octanol–water partition coefficient (Wildman–Crippen LogP) is 1.37. The van der Waals surface area contributed by atoms with Crippen LogP contribution in [0.1, 0.15) is 11.4 Å². The molecule has 122 valence electrons. The fourth-order valence-electron chi connectivity index (χ4n) is 1.82. The summed E-state index contributed by atoms with van der Waals surface area (Å²) in [7, 11) is -3.95. The standard InChI is InChI=1S/C13H15ClN6O2S/c1-8-7-9(2)17-12(16-8)18-13(19-15)20-23(21,22)11-6-4-3-5-10(11)14/h3-7H,15H2,1-2H3,(H2,16,17,18,19,20). The number of hydrazone groups is 1. The Morgan fingerprint density at radius 2 is 1.83 bits per heavy atom. The topological polar surface area (TPSA) is 122 Å². The van der Waals surface area contributed by atoms with E-state index in [0.717, 1.165) is 0 Å². The molecule has 0 aliphatic heterocycles. The Morgan fingerprint density at radius 3 is 2.39 bits per heavy atom. The van der Waals surface area contributed by atoms with Gasteiger partial charge in [0.2, 0.25) is 11.9 Å². The van der Waals surface area contributed by atoms with Crippen LogP contribution >= 0.6 is 11.6 Å². The van der Waals surface area contributed by atoms with E-state index in [2.05, 4.69) is 25.1 Å². The molecule has 0 fully saturated rings. The summed E-state index contributed by atoms with van der Waals surface area (Å²) in [5.74, 6) is 5.18. The van der Waals surface area contributed by atoms with Gasteiger partial charge in [-0.05, 0) is 32.0 Å². The first-order chi connectivity index (χ1) is 10.8. The Hall–Kier alpha value is -2.39. The average molecular weight is 355 g/mol. The van der Waals surface area contributed by atoms with Gasteiger partial charge in [0.25, 0.3) is 10.0 Å². The third-order valence-corrected chi connectivity index (χ3v) is 4.54. The number of anilines is 1. The average Bonchev–Trinajstić information content (AvgIpc) is 2.45. The van der Waals surface area contributed by atoms with Crippen LogP contribution in [0, 0.1) is 13.8 Å². The van der Waals surface area contributed by atoms with Gasteiger partial charge in [-0.3, -0.25) is 5.32 Å². The summed E-state index contributed by atoms with van der Waals surface area (Å²) in [6, 6.07) is 7.79. The highest BCUT2D eigenvalue weighted by Crippen LogP contribution is 2.20. The molecule has 23 heavy (non-hydrogen) atoms. The lowest BCUT2D eigenvalue weighted by atomic mass is 10.4. The number of nitrogens with zero attached hydrogens (tertiary/aromatic N) is 3. The van der Waals surface area contributed by atoms with Crippen LogP contribution in [-0.2, 0) is 10.0 Å². The Labute approximate surface area is 138 Å². The van der Waals surface area contributed by atoms with Gasteiger partial charge in [0.05, 0.1) is 5.02 Å². The Kier molecular flexibility index (Phi) is 5.02. The molecule has 10 heteroatoms. The van der Waals surface area contributed by atoms with Gasteiger partial charge < -0.3 is 5.84 Å². The highest BCUT2D eigenvalue weighted by atomic mass is 35.5. The number of sulfonamides is 1. The van der Waals surface area contributed by atoms with Gasteiger partial charge in [0.15, 0.2) is 0 Å². The molecule has 2 rings (SSSR count). The zero-order valence-electron chi connectivity index (χ0n) is 12.4. The van der Waals surface area contributed by atoms with Crippen molar-refractivity contribution >= 4 is 33.5 Å². The number of guanidine groups is 1. The molecule has 0 bridgehead atoms. The monoisotopic (exact) mass is 354 g/mol. The molecule has 1 heterocycles. The van der Waals surface area contributed by atoms with Crippen LogP contribution in [0.2, 0.25) is 5.02 Å². The quantitative estimate of drug-likeness (QED) is 0.331. The predicted molar refractivity (Wildman–Crippen MR) is 88.5 cm³/mol. The molecule has 0 atom stereocenters. The molecule has 0 aliphatic rings. The second-order valence-corrected chi connectivity index (χ2v) is 6.67. The minimum atomic E-state index is -3.95. The lowest BCUT2D eigenvalue weighted by Gasteiger charge is -2.12. The van der Waals surface area contributed by atoms with E-state index >= 15 is 0 Å². The fourth-order valence-corrected chi connectivity index (χ4v) is 3.31. The third kappa shape index (κ3) is 4.30. The normalized spacial score (nSPS) is 12.0. The van der Waals surface area contributed by atoms with E-state index in [9.17, 15) is 8.42 Å². The van der Waals surface area contributed by atoms with E-state index in [-0.39, 0.29) is 21.8 Å². The summed E-state index contributed by atoms with van der Waals surface area (Å²) in [5.41, 5.74) is 1.43. The Morgan fingerprint density at radius 1 is 1.22 bits per heavy atom. The van der Waals surface area contributed by atoms with Crippen LogP contribution in [-0.4, -0.2) is 24.3 Å². The van der Waals surface area contributed by atoms with Gasteiger partial charge in [-0.25, -0.2) is 23.1 Å². The van der Waals surface area contributed by atoms with E-state index in [0.29, 0.717) is 11.4 Å². The fraction of sp³-hybridized carbons (Fsp3) is 0.154. The van der Waals surface area contributed by atoms with Crippen molar-refractivity contribution in [3.63, 3.8) is 0 Å². The molecule has 2 aromatic rings. The molecule has 4 N–H and O–H groups in total. The van der Waals surface area contributed by atoms with E-state index in [1.54, 1.807) is 32.0 Å². The van der Waals surface area contributed by atoms with Crippen molar-refractivity contribution in [1.82, 2.24) is 14.7 Å². The number of benzene rings is 1. The molecule has 0 aliphatic carbocycles. The summed E-state index contributed by atoms with van der Waals surface area (Å²) in [4.78, 5) is 8.15. The molecular weight excluding hydrogens is 340 g/mol. The Bertz CT molecular complexity index is 833. The summed E-state index contributed by atoms with van der Waals surface area (Å²) < 4.78 is 26.9. The zero-order valence-corrected chi connectivity index (χ0v) is 14.0. The molecule has 0 saturated heterocycles. The van der Waals surface area contributed by atoms with Gasteiger partial charge in [-0.15, -0.1) is 5.10 Å².